The van der Waals surface area contributed by atoms with Crippen molar-refractivity contribution in [3.05, 3.63) is 48.2 Å². The Hall–Kier alpha value is -2.73. The van der Waals surface area contributed by atoms with Crippen molar-refractivity contribution in [3.63, 3.8) is 0 Å². The number of aromatic nitrogens is 3. The molecule has 6 heteroatoms. The molecule has 0 radical (unpaired) electrons. The van der Waals surface area contributed by atoms with Gasteiger partial charge in [-0.1, -0.05) is 30.3 Å². The molecule has 0 spiro atoms. The molecule has 29 heavy (non-hydrogen) atoms. The third-order valence-electron chi connectivity index (χ3n) is 5.84. The number of carbonyl (C=O) groups excluding carboxylic acids is 1. The summed E-state index contributed by atoms with van der Waals surface area (Å²) >= 11 is 0. The summed E-state index contributed by atoms with van der Waals surface area (Å²) in [6, 6.07) is 12.2. The number of nitrogens with two attached hydrogens (primary N) is 1. The molecule has 2 atom stereocenters. The summed E-state index contributed by atoms with van der Waals surface area (Å²) in [4.78, 5) is 20.4. The molecule has 2 N–H and O–H groups in total. The molecule has 1 fully saturated rings. The van der Waals surface area contributed by atoms with Gasteiger partial charge >= 0.3 is 0 Å². The van der Waals surface area contributed by atoms with E-state index in [1.165, 1.54) is 0 Å². The van der Waals surface area contributed by atoms with Crippen LogP contribution in [0.5, 0.6) is 0 Å². The van der Waals surface area contributed by atoms with Crippen molar-refractivity contribution in [2.75, 3.05) is 13.1 Å². The van der Waals surface area contributed by atoms with E-state index in [0.29, 0.717) is 18.0 Å². The second-order valence-electron chi connectivity index (χ2n) is 8.35. The number of piperidine rings is 1. The zero-order valence-corrected chi connectivity index (χ0v) is 17.4. The molecule has 3 heterocycles. The summed E-state index contributed by atoms with van der Waals surface area (Å²) in [5, 5.41) is 5.34. The minimum absolute atomic E-state index is 0.0447. The van der Waals surface area contributed by atoms with Crippen molar-refractivity contribution < 1.29 is 4.79 Å². The molecule has 1 aliphatic rings. The molecule has 1 aromatic carbocycles. The molecule has 0 aliphatic carbocycles. The standard InChI is InChI=1S/C23H29N5O/c1-15(2)28-22-20(13-25-28)19(12-21(26-22)17-8-5-4-6-9-17)23(29)27-11-7-10-18(14-27)16(3)24/h4-6,8-9,12-13,15-16,18H,7,10-11,14,24H2,1-3H3. The Morgan fingerprint density at radius 1 is 1.21 bits per heavy atom. The third-order valence-corrected chi connectivity index (χ3v) is 5.84. The first-order valence-electron chi connectivity index (χ1n) is 10.4. The van der Waals surface area contributed by atoms with Crippen molar-refractivity contribution in [3.8, 4) is 11.3 Å². The second kappa shape index (κ2) is 7.95. The van der Waals surface area contributed by atoms with E-state index in [2.05, 4.69) is 18.9 Å². The molecule has 2 unspecified atom stereocenters. The quantitative estimate of drug-likeness (QED) is 0.732. The lowest BCUT2D eigenvalue weighted by Crippen LogP contribution is -2.45. The van der Waals surface area contributed by atoms with Gasteiger partial charge in [-0.25, -0.2) is 9.67 Å². The molecular weight excluding hydrogens is 362 g/mol. The predicted molar refractivity (Wildman–Crippen MR) is 116 cm³/mol. The van der Waals surface area contributed by atoms with E-state index in [-0.39, 0.29) is 18.0 Å². The van der Waals surface area contributed by atoms with Crippen molar-refractivity contribution >= 4 is 16.9 Å². The van der Waals surface area contributed by atoms with Crippen LogP contribution in [0, 0.1) is 5.92 Å². The van der Waals surface area contributed by atoms with Gasteiger partial charge in [0, 0.05) is 30.7 Å². The maximum Gasteiger partial charge on any atom is 0.254 e. The van der Waals surface area contributed by atoms with Crippen molar-refractivity contribution in [2.45, 2.75) is 45.7 Å². The van der Waals surface area contributed by atoms with Crippen LogP contribution in [0.4, 0.5) is 0 Å². The fourth-order valence-corrected chi connectivity index (χ4v) is 4.12. The summed E-state index contributed by atoms with van der Waals surface area (Å²) in [5.74, 6) is 0.389. The van der Waals surface area contributed by atoms with Crippen LogP contribution in [0.3, 0.4) is 0 Å². The lowest BCUT2D eigenvalue weighted by atomic mass is 9.91. The van der Waals surface area contributed by atoms with Crippen molar-refractivity contribution in [1.29, 1.82) is 0 Å². The van der Waals surface area contributed by atoms with Crippen LogP contribution in [0.15, 0.2) is 42.6 Å². The number of likely N-dealkylation sites (tertiary alicyclic amines) is 1. The zero-order chi connectivity index (χ0) is 20.5. The maximum atomic E-state index is 13.6. The van der Waals surface area contributed by atoms with Gasteiger partial charge < -0.3 is 10.6 Å². The van der Waals surface area contributed by atoms with Gasteiger partial charge in [-0.05, 0) is 45.6 Å². The molecule has 6 nitrogen and oxygen atoms in total. The zero-order valence-electron chi connectivity index (χ0n) is 17.4. The van der Waals surface area contributed by atoms with Gasteiger partial charge in [0.2, 0.25) is 0 Å². The normalized spacial score (nSPS) is 18.4. The first-order valence-corrected chi connectivity index (χ1v) is 10.4. The van der Waals surface area contributed by atoms with E-state index in [9.17, 15) is 4.79 Å². The molecular formula is C23H29N5O. The van der Waals surface area contributed by atoms with E-state index in [1.807, 2.05) is 52.9 Å². The molecule has 3 aromatic rings. The number of pyridine rings is 1. The Bertz CT molecular complexity index is 1010. The average molecular weight is 392 g/mol. The Balaban J connectivity index is 1.81. The summed E-state index contributed by atoms with van der Waals surface area (Å²) in [6.07, 6.45) is 3.84. The van der Waals surface area contributed by atoms with Crippen LogP contribution in [0.1, 0.15) is 50.0 Å². The fraction of sp³-hybridized carbons (Fsp3) is 0.435. The first-order chi connectivity index (χ1) is 14.0. The third kappa shape index (κ3) is 3.77. The molecule has 0 saturated carbocycles. The summed E-state index contributed by atoms with van der Waals surface area (Å²) in [6.45, 7) is 7.65. The molecule has 4 rings (SSSR count). The van der Waals surface area contributed by atoms with Gasteiger partial charge in [0.25, 0.3) is 5.91 Å². The number of amides is 1. The van der Waals surface area contributed by atoms with Crippen LogP contribution in [0.2, 0.25) is 0 Å². The summed E-state index contributed by atoms with van der Waals surface area (Å²) in [5.41, 5.74) is 9.35. The number of carbonyl (C=O) groups is 1. The average Bonchev–Trinajstić information content (AvgIpc) is 3.17. The monoisotopic (exact) mass is 391 g/mol. The fourth-order valence-electron chi connectivity index (χ4n) is 4.12. The maximum absolute atomic E-state index is 13.6. The summed E-state index contributed by atoms with van der Waals surface area (Å²) < 4.78 is 1.89. The lowest BCUT2D eigenvalue weighted by molar-refractivity contribution is 0.0663. The Labute approximate surface area is 171 Å². The molecule has 152 valence electrons. The highest BCUT2D eigenvalue weighted by molar-refractivity contribution is 6.06. The van der Waals surface area contributed by atoms with E-state index in [0.717, 1.165) is 41.7 Å². The Morgan fingerprint density at radius 2 is 1.97 bits per heavy atom. The van der Waals surface area contributed by atoms with E-state index < -0.39 is 0 Å². The van der Waals surface area contributed by atoms with Gasteiger partial charge in [-0.3, -0.25) is 4.79 Å². The number of rotatable bonds is 4. The van der Waals surface area contributed by atoms with Crippen LogP contribution in [-0.2, 0) is 0 Å². The van der Waals surface area contributed by atoms with E-state index in [4.69, 9.17) is 10.7 Å². The largest absolute Gasteiger partial charge is 0.338 e. The highest BCUT2D eigenvalue weighted by atomic mass is 16.2. The van der Waals surface area contributed by atoms with Gasteiger partial charge in [-0.2, -0.15) is 5.10 Å². The Kier molecular flexibility index (Phi) is 5.37. The van der Waals surface area contributed by atoms with Crippen LogP contribution >= 0.6 is 0 Å². The van der Waals surface area contributed by atoms with Gasteiger partial charge in [0.1, 0.15) is 0 Å². The summed E-state index contributed by atoms with van der Waals surface area (Å²) in [7, 11) is 0. The molecule has 0 bridgehead atoms. The minimum atomic E-state index is 0.0447. The number of benzene rings is 1. The molecule has 1 aliphatic heterocycles. The number of hydrogen-bond donors (Lipinski definition) is 1. The molecule has 2 aromatic heterocycles. The topological polar surface area (TPSA) is 77.0 Å². The lowest BCUT2D eigenvalue weighted by Gasteiger charge is -2.34. The Morgan fingerprint density at radius 3 is 2.66 bits per heavy atom. The van der Waals surface area contributed by atoms with Crippen LogP contribution < -0.4 is 5.73 Å². The van der Waals surface area contributed by atoms with Gasteiger partial charge in [-0.15, -0.1) is 0 Å². The number of nitrogens with zero attached hydrogens (tertiary/aromatic N) is 4. The van der Waals surface area contributed by atoms with E-state index in [1.54, 1.807) is 6.20 Å². The van der Waals surface area contributed by atoms with Crippen LogP contribution in [-0.4, -0.2) is 44.7 Å². The second-order valence-corrected chi connectivity index (χ2v) is 8.35. The van der Waals surface area contributed by atoms with Gasteiger partial charge in [0.15, 0.2) is 5.65 Å². The SMILES string of the molecule is CC(N)C1CCCN(C(=O)c2cc(-c3ccccc3)nc3c2cnn3C(C)C)C1. The first kappa shape index (κ1) is 19.6. The highest BCUT2D eigenvalue weighted by Gasteiger charge is 2.28. The molecule has 1 saturated heterocycles. The highest BCUT2D eigenvalue weighted by Crippen LogP contribution is 2.28. The van der Waals surface area contributed by atoms with Gasteiger partial charge in [0.05, 0.1) is 22.8 Å². The van der Waals surface area contributed by atoms with Crippen molar-refractivity contribution in [1.82, 2.24) is 19.7 Å². The predicted octanol–water partition coefficient (Wildman–Crippen LogP) is 3.88. The van der Waals surface area contributed by atoms with Crippen molar-refractivity contribution in [2.24, 2.45) is 11.7 Å². The van der Waals surface area contributed by atoms with E-state index >= 15 is 0 Å². The van der Waals surface area contributed by atoms with Crippen LogP contribution in [0.25, 0.3) is 22.3 Å². The number of fused-ring (bicyclic) bond motifs is 1. The molecule has 1 amide bonds. The number of hydrogen-bond acceptors (Lipinski definition) is 4. The smallest absolute Gasteiger partial charge is 0.254 e. The minimum Gasteiger partial charge on any atom is -0.338 e.